The summed E-state index contributed by atoms with van der Waals surface area (Å²) in [5.74, 6) is -6.63. The van der Waals surface area contributed by atoms with Gasteiger partial charge in [-0.05, 0) is 112 Å². The van der Waals surface area contributed by atoms with E-state index in [0.717, 1.165) is 43.0 Å². The van der Waals surface area contributed by atoms with Crippen molar-refractivity contribution in [2.75, 3.05) is 56.4 Å². The number of aromatic nitrogens is 8. The quantitative estimate of drug-likeness (QED) is 0.0102. The minimum atomic E-state index is -1.50. The van der Waals surface area contributed by atoms with Crippen LogP contribution < -0.4 is 35.5 Å². The second kappa shape index (κ2) is 34.8. The molecule has 5 aromatic carbocycles. The molecule has 1 saturated heterocycles. The van der Waals surface area contributed by atoms with Crippen molar-refractivity contribution in [3.63, 3.8) is 0 Å². The Morgan fingerprint density at radius 1 is 0.640 bits per heavy atom. The highest BCUT2D eigenvalue weighted by molar-refractivity contribution is 6.05. The van der Waals surface area contributed by atoms with Crippen molar-refractivity contribution >= 4 is 99.4 Å². The van der Waals surface area contributed by atoms with E-state index >= 15 is 0 Å². The molecule has 0 spiro atoms. The van der Waals surface area contributed by atoms with Gasteiger partial charge in [0.05, 0.1) is 59.1 Å². The summed E-state index contributed by atoms with van der Waals surface area (Å²) in [7, 11) is 2.83. The molecule has 34 nitrogen and oxygen atoms in total. The van der Waals surface area contributed by atoms with Crippen molar-refractivity contribution in [2.24, 2.45) is 0 Å². The number of allylic oxidation sites excluding steroid dienone is 2. The fourth-order valence-corrected chi connectivity index (χ4v) is 13.2. The molecule has 34 heteroatoms. The third-order valence-corrected chi connectivity index (χ3v) is 18.2. The number of esters is 3. The van der Waals surface area contributed by atoms with Crippen LogP contribution in [0, 0.1) is 13.8 Å². The first-order chi connectivity index (χ1) is 53.2. The molecular weight excluding hydrogens is 1440 g/mol. The zero-order chi connectivity index (χ0) is 79.5. The smallest absolute Gasteiger partial charge is 0.409 e. The van der Waals surface area contributed by atoms with Crippen LogP contribution in [-0.2, 0) is 80.4 Å². The number of imidazole rings is 2. The van der Waals surface area contributed by atoms with Crippen molar-refractivity contribution in [3.05, 3.63) is 166 Å². The SMILES string of the molecule is CCn1nc(C)cc1C(=O)Nc1nc2cc(C(=O)O)cc(OC)c2n1C/C=C/Cn1c(NC(=O)c2cc(C)nn2CC)nc2cc(C(=O)O)cc(OCCCN(C)C(=O)OCc3ccc(OC4O[C@H](C)[C@@H](OC(C)=O)[C@H](OC(C)=O)[C@H]4OC(C)=O)cc3NC(=O)CCNC(=O)OCC3c4ccccc4-c4ccccc43)c21. The molecule has 582 valence electrons. The summed E-state index contributed by atoms with van der Waals surface area (Å²) >= 11 is 0. The fourth-order valence-electron chi connectivity index (χ4n) is 13.2. The molecule has 1 aliphatic heterocycles. The van der Waals surface area contributed by atoms with Crippen LogP contribution in [0.3, 0.4) is 0 Å². The maximum Gasteiger partial charge on any atom is 0.409 e. The van der Waals surface area contributed by atoms with E-state index in [2.05, 4.69) is 36.4 Å². The lowest BCUT2D eigenvalue weighted by molar-refractivity contribution is -0.280. The van der Waals surface area contributed by atoms with Gasteiger partial charge in [0.25, 0.3) is 11.8 Å². The number of alkyl carbamates (subject to hydrolysis) is 1. The zero-order valence-corrected chi connectivity index (χ0v) is 62.4. The lowest BCUT2D eigenvalue weighted by Crippen LogP contribution is -2.62. The number of aryl methyl sites for hydroxylation is 4. The molecule has 0 saturated carbocycles. The molecule has 111 heavy (non-hydrogen) atoms. The largest absolute Gasteiger partial charge is 0.494 e. The van der Waals surface area contributed by atoms with Gasteiger partial charge in [0.15, 0.2) is 12.2 Å². The van der Waals surface area contributed by atoms with E-state index in [1.54, 1.807) is 47.3 Å². The number of carboxylic acid groups (broad SMARTS) is 2. The van der Waals surface area contributed by atoms with Gasteiger partial charge in [-0.25, -0.2) is 29.1 Å². The normalized spacial score (nSPS) is 15.7. The number of benzene rings is 5. The van der Waals surface area contributed by atoms with Crippen molar-refractivity contribution in [1.82, 2.24) is 48.9 Å². The second-order valence-corrected chi connectivity index (χ2v) is 26.0. The number of carbonyl (C=O) groups excluding carboxylic acids is 8. The standard InChI is InChI=1S/C77H83N13O21/c1-11-89-59(32-41(3)84-89)69(95)82-74-80-57-34-48(71(97)98)36-61(103-10)64(57)87(74)29-17-18-30-88-65-58(81-75(88)83-70(96)60-33-42(4)85-90(60)12-2)35-49(72(99)100)37-62(65)104-31-19-28-86(9)77(102)106-39-47-24-25-50(111-73-68(110-46(8)93)67(109-45(7)92)66(43(5)107-73)108-44(6)91)38-56(47)79-63(94)26-27-78-76(101)105-40-55-53-22-15-13-20-51(53)52-21-14-16-23-54(52)55/h13-18,20-25,32-38,43,55,66-68,73H,11-12,19,26-31,39-40H2,1-10H3,(H,78,101)(H,79,94)(H,97,98)(H,99,100)(H,80,82,95)(H,81,83,96)/b18-17+/t43-,66-,67+,68-,73?/m1/s1. The monoisotopic (exact) mass is 1530 g/mol. The minimum absolute atomic E-state index is 0.000932. The molecule has 2 aliphatic rings. The van der Waals surface area contributed by atoms with Crippen LogP contribution in [-0.4, -0.2) is 185 Å². The van der Waals surface area contributed by atoms with Gasteiger partial charge in [-0.3, -0.25) is 48.8 Å². The molecular formula is C77H83N13O21. The molecule has 1 fully saturated rings. The van der Waals surface area contributed by atoms with E-state index in [-0.39, 0.29) is 138 Å². The number of anilines is 3. The third kappa shape index (κ3) is 18.4. The minimum Gasteiger partial charge on any atom is -0.494 e. The highest BCUT2D eigenvalue weighted by atomic mass is 16.7. The van der Waals surface area contributed by atoms with Crippen molar-refractivity contribution in [2.45, 2.75) is 138 Å². The molecule has 9 aromatic rings. The first kappa shape index (κ1) is 78.9. The number of nitrogens with one attached hydrogen (secondary N) is 4. The van der Waals surface area contributed by atoms with E-state index in [0.29, 0.717) is 30.0 Å². The lowest BCUT2D eigenvalue weighted by Gasteiger charge is -2.43. The van der Waals surface area contributed by atoms with Gasteiger partial charge in [0.1, 0.15) is 52.9 Å². The van der Waals surface area contributed by atoms with Gasteiger partial charge in [-0.1, -0.05) is 60.7 Å². The van der Waals surface area contributed by atoms with E-state index in [4.69, 9.17) is 47.6 Å². The molecule has 0 radical (unpaired) electrons. The highest BCUT2D eigenvalue weighted by Gasteiger charge is 2.52. The molecule has 0 bridgehead atoms. The Labute approximate surface area is 634 Å². The molecule has 6 N–H and O–H groups in total. The van der Waals surface area contributed by atoms with E-state index in [1.807, 2.05) is 62.4 Å². The fraction of sp³-hybridized carbons (Fsp3) is 0.351. The van der Waals surface area contributed by atoms with Crippen LogP contribution in [0.4, 0.5) is 27.2 Å². The second-order valence-electron chi connectivity index (χ2n) is 26.0. The zero-order valence-electron chi connectivity index (χ0n) is 62.4. The van der Waals surface area contributed by atoms with Gasteiger partial charge in [-0.2, -0.15) is 10.2 Å². The molecule has 11 rings (SSSR count). The van der Waals surface area contributed by atoms with Crippen LogP contribution in [0.2, 0.25) is 0 Å². The number of amides is 5. The molecule has 5 amide bonds. The van der Waals surface area contributed by atoms with Crippen LogP contribution in [0.5, 0.6) is 17.2 Å². The lowest BCUT2D eigenvalue weighted by atomic mass is 9.98. The third-order valence-electron chi connectivity index (χ3n) is 18.2. The number of aromatic carboxylic acids is 2. The average molecular weight is 1530 g/mol. The summed E-state index contributed by atoms with van der Waals surface area (Å²) < 4.78 is 58.8. The summed E-state index contributed by atoms with van der Waals surface area (Å²) in [6.07, 6.45) is -4.91. The number of fused-ring (bicyclic) bond motifs is 5. The van der Waals surface area contributed by atoms with E-state index in [9.17, 15) is 58.2 Å². The number of rotatable bonds is 31. The van der Waals surface area contributed by atoms with Crippen LogP contribution in [0.1, 0.15) is 130 Å². The highest BCUT2D eigenvalue weighted by Crippen LogP contribution is 2.45. The van der Waals surface area contributed by atoms with Gasteiger partial charge >= 0.3 is 42.0 Å². The molecule has 1 unspecified atom stereocenters. The van der Waals surface area contributed by atoms with Crippen LogP contribution in [0.25, 0.3) is 33.2 Å². The first-order valence-corrected chi connectivity index (χ1v) is 35.5. The summed E-state index contributed by atoms with van der Waals surface area (Å²) in [4.78, 5) is 142. The Bertz CT molecular complexity index is 5070. The van der Waals surface area contributed by atoms with Crippen molar-refractivity contribution in [1.29, 1.82) is 0 Å². The molecule has 5 atom stereocenters. The van der Waals surface area contributed by atoms with Gasteiger partial charge < -0.3 is 77.5 Å². The maximum absolute atomic E-state index is 14.2. The Kier molecular flexibility index (Phi) is 24.8. The van der Waals surface area contributed by atoms with Gasteiger partial charge in [0.2, 0.25) is 30.2 Å². The summed E-state index contributed by atoms with van der Waals surface area (Å²) in [5.41, 5.74) is 6.68. The Hall–Kier alpha value is -13.1. The first-order valence-electron chi connectivity index (χ1n) is 35.5. The molecule has 4 aromatic heterocycles. The number of hydrogen-bond donors (Lipinski definition) is 6. The summed E-state index contributed by atoms with van der Waals surface area (Å²) in [5, 5.41) is 40.4. The Morgan fingerprint density at radius 3 is 1.71 bits per heavy atom. The van der Waals surface area contributed by atoms with E-state index in [1.165, 1.54) is 77.8 Å². The summed E-state index contributed by atoms with van der Waals surface area (Å²) in [6.45, 7) is 12.0. The summed E-state index contributed by atoms with van der Waals surface area (Å²) in [6, 6.07) is 28.6. The number of methoxy groups -OCH3 is 1. The maximum atomic E-state index is 14.2. The van der Waals surface area contributed by atoms with Gasteiger partial charge in [-0.15, -0.1) is 0 Å². The average Bonchev–Trinajstić information content (AvgIpc) is 1.69. The predicted molar refractivity (Wildman–Crippen MR) is 398 cm³/mol. The number of carboxylic acids is 2. The predicted octanol–water partition coefficient (Wildman–Crippen LogP) is 9.43. The van der Waals surface area contributed by atoms with Crippen molar-refractivity contribution < 1.29 is 101 Å². The van der Waals surface area contributed by atoms with Crippen LogP contribution >= 0.6 is 0 Å². The Balaban J connectivity index is 0.804. The van der Waals surface area contributed by atoms with E-state index < -0.39 is 97.1 Å². The topological polar surface area (TPSA) is 417 Å². The van der Waals surface area contributed by atoms with Crippen LogP contribution in [0.15, 0.2) is 115 Å². The number of hydrogen-bond acceptors (Lipinski definition) is 23. The Morgan fingerprint density at radius 2 is 1.17 bits per heavy atom. The number of carbonyl (C=O) groups is 10. The van der Waals surface area contributed by atoms with Crippen molar-refractivity contribution in [3.8, 4) is 28.4 Å². The van der Waals surface area contributed by atoms with Gasteiger partial charge in [0, 0.05) is 91.1 Å². The number of nitrogens with zero attached hydrogens (tertiary/aromatic N) is 9. The number of ether oxygens (including phenoxy) is 9. The molecule has 5 heterocycles. The molecule has 1 aliphatic carbocycles.